The average Bonchev–Trinajstić information content (AvgIpc) is 3.56. The summed E-state index contributed by atoms with van der Waals surface area (Å²) in [5.74, 6) is 0.544. The third kappa shape index (κ3) is 5.04. The molecular weight excluding hydrogens is 512 g/mol. The van der Waals surface area contributed by atoms with Gasteiger partial charge < -0.3 is 10.6 Å². The van der Waals surface area contributed by atoms with Gasteiger partial charge in [-0.1, -0.05) is 55.8 Å². The second-order valence-corrected chi connectivity index (χ2v) is 12.0. The van der Waals surface area contributed by atoms with Crippen molar-refractivity contribution in [2.45, 2.75) is 39.8 Å². The standard InChI is InChI=1S/C30H32N4O2S2/c1-19(2)26(33(16-7-15-31)29(35)21-13-11-20(3)12-14-21)28-32-25-23-9-4-5-10-24(23)38-27(25)30(36)34(28)18-22-8-6-17-37-22/h4-6,8-14,17,19,26H,7,15-16,18,31H2,1-3H3. The van der Waals surface area contributed by atoms with Crippen LogP contribution in [0.15, 0.2) is 70.8 Å². The topological polar surface area (TPSA) is 81.2 Å². The number of benzene rings is 2. The molecule has 1 amide bonds. The van der Waals surface area contributed by atoms with Gasteiger partial charge in [-0.3, -0.25) is 14.2 Å². The van der Waals surface area contributed by atoms with E-state index in [1.165, 1.54) is 11.3 Å². The number of amides is 1. The van der Waals surface area contributed by atoms with Crippen molar-refractivity contribution in [3.05, 3.63) is 98.2 Å². The van der Waals surface area contributed by atoms with Crippen LogP contribution in [0.3, 0.4) is 0 Å². The van der Waals surface area contributed by atoms with Crippen LogP contribution in [0.2, 0.25) is 0 Å². The maximum atomic E-state index is 14.1. The number of aryl methyl sites for hydroxylation is 1. The Morgan fingerprint density at radius 3 is 2.53 bits per heavy atom. The monoisotopic (exact) mass is 544 g/mol. The molecule has 0 aliphatic rings. The SMILES string of the molecule is Cc1ccc(C(=O)N(CCCN)C(c2nc3c(sc4ccccc43)c(=O)n2Cc2cccs2)C(C)C)cc1. The first-order valence-electron chi connectivity index (χ1n) is 12.9. The number of thiophene rings is 2. The van der Waals surface area contributed by atoms with Gasteiger partial charge in [-0.25, -0.2) is 4.98 Å². The zero-order chi connectivity index (χ0) is 26.8. The molecule has 38 heavy (non-hydrogen) atoms. The lowest BCUT2D eigenvalue weighted by atomic mass is 9.99. The van der Waals surface area contributed by atoms with E-state index in [1.807, 2.05) is 77.9 Å². The first-order chi connectivity index (χ1) is 18.4. The van der Waals surface area contributed by atoms with Crippen molar-refractivity contribution in [3.8, 4) is 0 Å². The van der Waals surface area contributed by atoms with Crippen molar-refractivity contribution >= 4 is 48.9 Å². The van der Waals surface area contributed by atoms with Gasteiger partial charge in [0, 0.05) is 27.1 Å². The molecule has 0 spiro atoms. The van der Waals surface area contributed by atoms with Crippen LogP contribution in [-0.4, -0.2) is 33.4 Å². The second kappa shape index (κ2) is 11.2. The summed E-state index contributed by atoms with van der Waals surface area (Å²) >= 11 is 3.09. The fourth-order valence-corrected chi connectivity index (χ4v) is 6.70. The molecule has 0 bridgehead atoms. The molecule has 0 aliphatic heterocycles. The fraction of sp³-hybridized carbons (Fsp3) is 0.300. The first kappa shape index (κ1) is 26.3. The highest BCUT2D eigenvalue weighted by Gasteiger charge is 2.33. The number of fused-ring (bicyclic) bond motifs is 3. The molecule has 3 heterocycles. The lowest BCUT2D eigenvalue weighted by Gasteiger charge is -2.35. The number of nitrogens with two attached hydrogens (primary N) is 1. The third-order valence-electron chi connectivity index (χ3n) is 6.80. The van der Waals surface area contributed by atoms with E-state index in [1.54, 1.807) is 15.9 Å². The van der Waals surface area contributed by atoms with Crippen molar-refractivity contribution in [2.24, 2.45) is 11.7 Å². The Balaban J connectivity index is 1.74. The van der Waals surface area contributed by atoms with E-state index in [9.17, 15) is 9.59 Å². The molecule has 196 valence electrons. The van der Waals surface area contributed by atoms with Crippen LogP contribution in [-0.2, 0) is 6.54 Å². The molecule has 2 aromatic carbocycles. The van der Waals surface area contributed by atoms with Crippen molar-refractivity contribution in [1.82, 2.24) is 14.5 Å². The fourth-order valence-electron chi connectivity index (χ4n) is 4.91. The maximum absolute atomic E-state index is 14.1. The molecule has 1 atom stereocenters. The summed E-state index contributed by atoms with van der Waals surface area (Å²) in [6.45, 7) is 7.52. The lowest BCUT2D eigenvalue weighted by Crippen LogP contribution is -2.42. The van der Waals surface area contributed by atoms with E-state index in [0.717, 1.165) is 20.5 Å². The zero-order valence-electron chi connectivity index (χ0n) is 21.9. The highest BCUT2D eigenvalue weighted by Crippen LogP contribution is 2.35. The molecule has 3 aromatic heterocycles. The minimum absolute atomic E-state index is 0.00556. The molecule has 5 aromatic rings. The number of hydrogen-bond donors (Lipinski definition) is 1. The predicted molar refractivity (Wildman–Crippen MR) is 158 cm³/mol. The van der Waals surface area contributed by atoms with E-state index in [-0.39, 0.29) is 17.4 Å². The molecule has 2 N–H and O–H groups in total. The lowest BCUT2D eigenvalue weighted by molar-refractivity contribution is 0.0603. The van der Waals surface area contributed by atoms with Gasteiger partial charge in [0.1, 0.15) is 10.5 Å². The molecule has 0 radical (unpaired) electrons. The van der Waals surface area contributed by atoms with Gasteiger partial charge in [-0.15, -0.1) is 22.7 Å². The van der Waals surface area contributed by atoms with Crippen LogP contribution in [0.1, 0.15) is 52.9 Å². The maximum Gasteiger partial charge on any atom is 0.271 e. The highest BCUT2D eigenvalue weighted by atomic mass is 32.1. The molecule has 8 heteroatoms. The average molecular weight is 545 g/mol. The Hall–Kier alpha value is -3.33. The second-order valence-electron chi connectivity index (χ2n) is 9.91. The van der Waals surface area contributed by atoms with Gasteiger partial charge in [0.25, 0.3) is 11.5 Å². The van der Waals surface area contributed by atoms with Crippen molar-refractivity contribution in [3.63, 3.8) is 0 Å². The molecule has 0 aliphatic carbocycles. The Morgan fingerprint density at radius 1 is 1.08 bits per heavy atom. The minimum Gasteiger partial charge on any atom is -0.330 e. The van der Waals surface area contributed by atoms with E-state index >= 15 is 0 Å². The van der Waals surface area contributed by atoms with Crippen LogP contribution >= 0.6 is 22.7 Å². The van der Waals surface area contributed by atoms with Gasteiger partial charge in [-0.05, 0) is 55.5 Å². The summed E-state index contributed by atoms with van der Waals surface area (Å²) in [7, 11) is 0. The molecule has 1 unspecified atom stereocenters. The number of rotatable bonds is 9. The van der Waals surface area contributed by atoms with Crippen molar-refractivity contribution < 1.29 is 4.79 Å². The normalized spacial score (nSPS) is 12.4. The minimum atomic E-state index is -0.411. The molecule has 0 fully saturated rings. The number of carbonyl (C=O) groups excluding carboxylic acids is 1. The Bertz CT molecular complexity index is 1620. The number of nitrogens with zero attached hydrogens (tertiary/aromatic N) is 3. The summed E-state index contributed by atoms with van der Waals surface area (Å²) in [4.78, 5) is 36.2. The summed E-state index contributed by atoms with van der Waals surface area (Å²) in [5, 5.41) is 2.98. The summed E-state index contributed by atoms with van der Waals surface area (Å²) in [6.07, 6.45) is 0.652. The third-order valence-corrected chi connectivity index (χ3v) is 8.81. The quantitative estimate of drug-likeness (QED) is 0.239. The Labute approximate surface area is 230 Å². The predicted octanol–water partition coefficient (Wildman–Crippen LogP) is 6.22. The molecular formula is C30H32N4O2S2. The van der Waals surface area contributed by atoms with E-state index in [4.69, 9.17) is 10.7 Å². The number of aromatic nitrogens is 2. The molecule has 0 saturated heterocycles. The van der Waals surface area contributed by atoms with Gasteiger partial charge in [-0.2, -0.15) is 0 Å². The van der Waals surface area contributed by atoms with Crippen molar-refractivity contribution in [2.75, 3.05) is 13.1 Å². The Kier molecular flexibility index (Phi) is 7.74. The van der Waals surface area contributed by atoms with E-state index < -0.39 is 6.04 Å². The van der Waals surface area contributed by atoms with Crippen LogP contribution < -0.4 is 11.3 Å². The summed E-state index contributed by atoms with van der Waals surface area (Å²) in [6, 6.07) is 19.2. The van der Waals surface area contributed by atoms with Gasteiger partial charge in [0.2, 0.25) is 0 Å². The smallest absolute Gasteiger partial charge is 0.271 e. The van der Waals surface area contributed by atoms with E-state index in [2.05, 4.69) is 13.8 Å². The van der Waals surface area contributed by atoms with Gasteiger partial charge in [0.05, 0.1) is 18.1 Å². The number of carbonyl (C=O) groups is 1. The van der Waals surface area contributed by atoms with Crippen LogP contribution in [0.4, 0.5) is 0 Å². The van der Waals surface area contributed by atoms with Gasteiger partial charge in [0.15, 0.2) is 0 Å². The summed E-state index contributed by atoms with van der Waals surface area (Å²) in [5.41, 5.74) is 8.27. The largest absolute Gasteiger partial charge is 0.330 e. The van der Waals surface area contributed by atoms with E-state index in [0.29, 0.717) is 47.7 Å². The zero-order valence-corrected chi connectivity index (χ0v) is 23.5. The van der Waals surface area contributed by atoms with Crippen LogP contribution in [0.5, 0.6) is 0 Å². The van der Waals surface area contributed by atoms with Crippen LogP contribution in [0.25, 0.3) is 20.3 Å². The molecule has 6 nitrogen and oxygen atoms in total. The molecule has 0 saturated carbocycles. The highest BCUT2D eigenvalue weighted by molar-refractivity contribution is 7.25. The molecule has 5 rings (SSSR count). The van der Waals surface area contributed by atoms with Crippen molar-refractivity contribution in [1.29, 1.82) is 0 Å². The first-order valence-corrected chi connectivity index (χ1v) is 14.6. The Morgan fingerprint density at radius 2 is 1.84 bits per heavy atom. The van der Waals surface area contributed by atoms with Gasteiger partial charge >= 0.3 is 0 Å². The number of hydrogen-bond acceptors (Lipinski definition) is 6. The summed E-state index contributed by atoms with van der Waals surface area (Å²) < 4.78 is 3.46. The van der Waals surface area contributed by atoms with Crippen LogP contribution in [0, 0.1) is 12.8 Å².